The van der Waals surface area contributed by atoms with Crippen LogP contribution in [0.3, 0.4) is 0 Å². The summed E-state index contributed by atoms with van der Waals surface area (Å²) in [5.74, 6) is 1.87. The normalized spacial score (nSPS) is 23.1. The molecule has 0 aliphatic heterocycles. The van der Waals surface area contributed by atoms with Gasteiger partial charge in [-0.3, -0.25) is 0 Å². The highest BCUT2D eigenvalue weighted by molar-refractivity contribution is 5.75. The van der Waals surface area contributed by atoms with Crippen molar-refractivity contribution in [3.8, 4) is 0 Å². The zero-order valence-electron chi connectivity index (χ0n) is 13.4. The van der Waals surface area contributed by atoms with Crippen molar-refractivity contribution >= 4 is 5.78 Å². The van der Waals surface area contributed by atoms with Crippen molar-refractivity contribution in [2.24, 2.45) is 17.3 Å². The number of hydrogen-bond donors (Lipinski definition) is 0. The Bertz CT molecular complexity index is 188. The third kappa shape index (κ3) is 8.40. The molecule has 1 nitrogen and oxygen atoms in total. The molecular weight excluding hydrogens is 208 g/mol. The molecule has 1 aliphatic carbocycles. The van der Waals surface area contributed by atoms with E-state index in [0.717, 1.165) is 12.3 Å². The predicted molar refractivity (Wildman–Crippen MR) is 78.3 cm³/mol. The lowest BCUT2D eigenvalue weighted by atomic mass is 9.79. The summed E-state index contributed by atoms with van der Waals surface area (Å²) in [6, 6.07) is 0. The number of carbonyl (C=O) groups excluding carboxylic acids is 1. The summed E-state index contributed by atoms with van der Waals surface area (Å²) >= 11 is 0. The molecule has 0 aromatic heterocycles. The van der Waals surface area contributed by atoms with Crippen LogP contribution < -0.4 is 0 Å². The van der Waals surface area contributed by atoms with Crippen LogP contribution in [0.2, 0.25) is 0 Å². The molecule has 104 valence electrons. The minimum Gasteiger partial charge on any atom is -0.300 e. The summed E-state index contributed by atoms with van der Waals surface area (Å²) in [6.07, 6.45) is 4.67. The lowest BCUT2D eigenvalue weighted by Crippen LogP contribution is -2.17. The Morgan fingerprint density at radius 1 is 1.06 bits per heavy atom. The molecule has 0 heterocycles. The highest BCUT2D eigenvalue weighted by Gasteiger charge is 2.32. The number of ketones is 1. The first-order valence-corrected chi connectivity index (χ1v) is 7.39. The van der Waals surface area contributed by atoms with Gasteiger partial charge in [-0.1, -0.05) is 48.5 Å². The van der Waals surface area contributed by atoms with Crippen molar-refractivity contribution < 1.29 is 4.79 Å². The van der Waals surface area contributed by atoms with E-state index in [1.165, 1.54) is 19.3 Å². The van der Waals surface area contributed by atoms with Crippen LogP contribution in [-0.4, -0.2) is 5.78 Å². The van der Waals surface area contributed by atoms with Crippen LogP contribution in [0, 0.1) is 17.3 Å². The average Bonchev–Trinajstić information content (AvgIpc) is 2.71. The van der Waals surface area contributed by atoms with Crippen LogP contribution in [0.4, 0.5) is 0 Å². The first-order chi connectivity index (χ1) is 7.89. The van der Waals surface area contributed by atoms with Gasteiger partial charge in [0.25, 0.3) is 0 Å². The Kier molecular flexibility index (Phi) is 10.8. The van der Waals surface area contributed by atoms with Crippen molar-refractivity contribution in [1.82, 2.24) is 0 Å². The Morgan fingerprint density at radius 2 is 1.53 bits per heavy atom. The molecule has 2 atom stereocenters. The Balaban J connectivity index is 0. The molecule has 1 saturated carbocycles. The zero-order chi connectivity index (χ0) is 14.1. The van der Waals surface area contributed by atoms with Gasteiger partial charge < -0.3 is 4.79 Å². The largest absolute Gasteiger partial charge is 0.300 e. The van der Waals surface area contributed by atoms with Gasteiger partial charge in [0.05, 0.1) is 0 Å². The van der Waals surface area contributed by atoms with Crippen molar-refractivity contribution in [2.75, 3.05) is 0 Å². The predicted octanol–water partition coefficient (Wildman–Crippen LogP) is 5.48. The zero-order valence-corrected chi connectivity index (χ0v) is 13.4. The third-order valence-electron chi connectivity index (χ3n) is 3.34. The fourth-order valence-electron chi connectivity index (χ4n) is 2.45. The van der Waals surface area contributed by atoms with Gasteiger partial charge in [0.15, 0.2) is 0 Å². The fraction of sp³-hybridized carbons (Fsp3) is 0.938. The minimum atomic E-state index is 0.361. The van der Waals surface area contributed by atoms with Gasteiger partial charge in [0, 0.05) is 6.42 Å². The van der Waals surface area contributed by atoms with Crippen LogP contribution in [0.5, 0.6) is 0 Å². The Hall–Kier alpha value is -0.330. The van der Waals surface area contributed by atoms with Crippen LogP contribution in [0.25, 0.3) is 0 Å². The van der Waals surface area contributed by atoms with Crippen molar-refractivity contribution in [1.29, 1.82) is 0 Å². The van der Waals surface area contributed by atoms with Crippen molar-refractivity contribution in [3.63, 3.8) is 0 Å². The molecule has 0 amide bonds. The third-order valence-corrected chi connectivity index (χ3v) is 3.34. The van der Waals surface area contributed by atoms with Gasteiger partial charge in [-0.2, -0.15) is 0 Å². The monoisotopic (exact) mass is 242 g/mol. The summed E-state index contributed by atoms with van der Waals surface area (Å²) in [6.45, 7) is 16.7. The second-order valence-corrected chi connectivity index (χ2v) is 5.65. The molecule has 0 saturated heterocycles. The van der Waals surface area contributed by atoms with Crippen LogP contribution in [-0.2, 0) is 4.79 Å². The molecule has 2 unspecified atom stereocenters. The number of Topliss-reactive ketones (excluding diaryl/α,β-unsaturated/α-hetero) is 1. The van der Waals surface area contributed by atoms with Crippen LogP contribution in [0.15, 0.2) is 0 Å². The van der Waals surface area contributed by atoms with Gasteiger partial charge in [-0.05, 0) is 43.4 Å². The molecule has 1 fully saturated rings. The topological polar surface area (TPSA) is 17.1 Å². The minimum absolute atomic E-state index is 0.361. The summed E-state index contributed by atoms with van der Waals surface area (Å²) in [5.41, 5.74) is 0.436. The van der Waals surface area contributed by atoms with E-state index in [-0.39, 0.29) is 0 Å². The van der Waals surface area contributed by atoms with E-state index in [1.54, 1.807) is 6.92 Å². The van der Waals surface area contributed by atoms with Gasteiger partial charge in [0.1, 0.15) is 5.78 Å². The molecule has 1 heteroatoms. The molecule has 0 N–H and O–H groups in total. The first-order valence-electron chi connectivity index (χ1n) is 7.39. The molecule has 1 aliphatic rings. The Morgan fingerprint density at radius 3 is 1.82 bits per heavy atom. The van der Waals surface area contributed by atoms with Gasteiger partial charge in [-0.15, -0.1) is 0 Å². The quantitative estimate of drug-likeness (QED) is 0.626. The number of carbonyl (C=O) groups is 1. The first kappa shape index (κ1) is 19.0. The van der Waals surface area contributed by atoms with E-state index in [1.807, 2.05) is 27.7 Å². The molecule has 0 spiro atoms. The molecule has 0 radical (unpaired) electrons. The summed E-state index contributed by atoms with van der Waals surface area (Å²) in [7, 11) is 0. The van der Waals surface area contributed by atoms with Gasteiger partial charge in [-0.25, -0.2) is 0 Å². The average molecular weight is 242 g/mol. The smallest absolute Gasteiger partial charge is 0.130 e. The van der Waals surface area contributed by atoms with E-state index in [9.17, 15) is 4.79 Å². The molecule has 1 rings (SSSR count). The highest BCUT2D eigenvalue weighted by atomic mass is 16.1. The van der Waals surface area contributed by atoms with E-state index in [4.69, 9.17) is 0 Å². The van der Waals surface area contributed by atoms with E-state index in [0.29, 0.717) is 17.1 Å². The SMILES string of the molecule is CC.CC.CC(=O)CC1CCC(C(C)(C)C)C1. The molecule has 0 bridgehead atoms. The van der Waals surface area contributed by atoms with Crippen LogP contribution in [0.1, 0.15) is 81.1 Å². The lowest BCUT2D eigenvalue weighted by Gasteiger charge is -2.26. The van der Waals surface area contributed by atoms with Crippen molar-refractivity contribution in [2.45, 2.75) is 81.1 Å². The summed E-state index contributed by atoms with van der Waals surface area (Å²) < 4.78 is 0. The van der Waals surface area contributed by atoms with Gasteiger partial charge >= 0.3 is 0 Å². The van der Waals surface area contributed by atoms with E-state index < -0.39 is 0 Å². The van der Waals surface area contributed by atoms with Crippen LogP contribution >= 0.6 is 0 Å². The van der Waals surface area contributed by atoms with E-state index in [2.05, 4.69) is 20.8 Å². The maximum atomic E-state index is 11.0. The Labute approximate surface area is 109 Å². The molecule has 0 aromatic carbocycles. The number of hydrogen-bond acceptors (Lipinski definition) is 1. The molecular formula is C16H34O. The summed E-state index contributed by atoms with van der Waals surface area (Å²) in [5, 5.41) is 0. The second-order valence-electron chi connectivity index (χ2n) is 5.65. The second kappa shape index (κ2) is 9.67. The highest BCUT2D eigenvalue weighted by Crippen LogP contribution is 2.43. The molecule has 0 aromatic rings. The van der Waals surface area contributed by atoms with Gasteiger partial charge in [0.2, 0.25) is 0 Å². The van der Waals surface area contributed by atoms with Crippen molar-refractivity contribution in [3.05, 3.63) is 0 Å². The van der Waals surface area contributed by atoms with E-state index >= 15 is 0 Å². The standard InChI is InChI=1S/C12H22O.2C2H6/c1-9(13)7-10-5-6-11(8-10)12(2,3)4;2*1-2/h10-11H,5-8H2,1-4H3;2*1-2H3. The summed E-state index contributed by atoms with van der Waals surface area (Å²) in [4.78, 5) is 11.0. The number of rotatable bonds is 2. The maximum Gasteiger partial charge on any atom is 0.130 e. The lowest BCUT2D eigenvalue weighted by molar-refractivity contribution is -0.117. The fourth-order valence-corrected chi connectivity index (χ4v) is 2.45. The maximum absolute atomic E-state index is 11.0. The molecule has 17 heavy (non-hydrogen) atoms.